The zero-order valence-electron chi connectivity index (χ0n) is 27.8. The normalized spacial score (nSPS) is 10.9. The topological polar surface area (TPSA) is 146 Å². The van der Waals surface area contributed by atoms with E-state index in [1.807, 2.05) is 39.8 Å². The van der Waals surface area contributed by atoms with Gasteiger partial charge in [-0.05, 0) is 71.2 Å². The van der Waals surface area contributed by atoms with Gasteiger partial charge in [-0.3, -0.25) is 19.2 Å². The number of ketones is 2. The maximum Gasteiger partial charge on any atom is 0.292 e. The van der Waals surface area contributed by atoms with Gasteiger partial charge in [-0.2, -0.15) is 9.46 Å². The van der Waals surface area contributed by atoms with Crippen LogP contribution in [0.1, 0.15) is 72.5 Å². The predicted molar refractivity (Wildman–Crippen MR) is 189 cm³/mol. The fourth-order valence-corrected chi connectivity index (χ4v) is 6.44. The third-order valence-electron chi connectivity index (χ3n) is 8.36. The number of hydrogen-bond donors (Lipinski definition) is 2. The van der Waals surface area contributed by atoms with E-state index in [1.165, 1.54) is 24.5 Å². The molecule has 2 amide bonds. The number of nitrogens with one attached hydrogen (secondary N) is 2. The molecule has 10 nitrogen and oxygen atoms in total. The van der Waals surface area contributed by atoms with Crippen LogP contribution in [0.15, 0.2) is 60.9 Å². The lowest BCUT2D eigenvalue weighted by molar-refractivity contribution is -0.613. The van der Waals surface area contributed by atoms with Crippen LogP contribution in [0.5, 0.6) is 0 Å². The minimum Gasteiger partial charge on any atom is -0.618 e. The summed E-state index contributed by atoms with van der Waals surface area (Å²) in [7, 11) is 0. The second kappa shape index (κ2) is 16.5. The van der Waals surface area contributed by atoms with E-state index in [4.69, 9.17) is 23.2 Å². The number of benzene rings is 2. The van der Waals surface area contributed by atoms with Crippen molar-refractivity contribution in [1.82, 2.24) is 0 Å². The molecule has 2 aromatic carbocycles. The minimum absolute atomic E-state index is 0.165. The number of carbonyl (C=O) groups excluding carboxylic acids is 4. The Morgan fingerprint density at radius 3 is 1.33 bits per heavy atom. The van der Waals surface area contributed by atoms with Crippen molar-refractivity contribution in [3.63, 3.8) is 0 Å². The summed E-state index contributed by atoms with van der Waals surface area (Å²) in [6.07, 6.45) is 4.17. The molecule has 0 aliphatic rings. The summed E-state index contributed by atoms with van der Waals surface area (Å²) in [5.74, 6) is -3.19. The number of amides is 2. The number of aromatic nitrogens is 2. The molecule has 0 radical (unpaired) electrons. The van der Waals surface area contributed by atoms with E-state index < -0.39 is 23.4 Å². The van der Waals surface area contributed by atoms with Crippen molar-refractivity contribution in [3.05, 3.63) is 126 Å². The average molecular weight is 706 g/mol. The summed E-state index contributed by atoms with van der Waals surface area (Å²) in [4.78, 5) is 51.5. The molecule has 0 bridgehead atoms. The van der Waals surface area contributed by atoms with Crippen molar-refractivity contribution in [2.45, 2.75) is 72.6 Å². The maximum absolute atomic E-state index is 13.0. The number of pyridine rings is 2. The Kier molecular flexibility index (Phi) is 12.5. The smallest absolute Gasteiger partial charge is 0.292 e. The van der Waals surface area contributed by atoms with Gasteiger partial charge in [0.05, 0.1) is 0 Å². The highest BCUT2D eigenvalue weighted by Crippen LogP contribution is 2.38. The lowest BCUT2D eigenvalue weighted by atomic mass is 9.92. The van der Waals surface area contributed by atoms with E-state index in [0.717, 1.165) is 22.3 Å². The lowest BCUT2D eigenvalue weighted by Crippen LogP contribution is -2.35. The molecule has 0 atom stereocenters. The van der Waals surface area contributed by atoms with Gasteiger partial charge in [0.15, 0.2) is 12.4 Å². The Bertz CT molecular complexity index is 1790. The van der Waals surface area contributed by atoms with Crippen LogP contribution in [0.4, 0.5) is 11.4 Å². The molecule has 0 saturated heterocycles. The van der Waals surface area contributed by atoms with E-state index in [-0.39, 0.29) is 24.2 Å². The van der Waals surface area contributed by atoms with Crippen LogP contribution >= 0.6 is 23.2 Å². The van der Waals surface area contributed by atoms with Crippen molar-refractivity contribution in [3.8, 4) is 0 Å². The van der Waals surface area contributed by atoms with Crippen LogP contribution in [-0.4, -0.2) is 23.4 Å². The van der Waals surface area contributed by atoms with Gasteiger partial charge < -0.3 is 21.0 Å². The van der Waals surface area contributed by atoms with Crippen molar-refractivity contribution in [2.75, 3.05) is 10.6 Å². The molecule has 2 N–H and O–H groups in total. The van der Waals surface area contributed by atoms with Crippen LogP contribution in [0, 0.1) is 10.4 Å². The molecule has 2 heterocycles. The van der Waals surface area contributed by atoms with Gasteiger partial charge in [0.25, 0.3) is 11.8 Å². The zero-order valence-corrected chi connectivity index (χ0v) is 29.3. The summed E-state index contributed by atoms with van der Waals surface area (Å²) >= 11 is 14.0. The average Bonchev–Trinajstić information content (AvgIpc) is 3.09. The first kappa shape index (κ1) is 37.0. The number of halogens is 2. The molecule has 0 saturated carbocycles. The van der Waals surface area contributed by atoms with Crippen LogP contribution in [-0.2, 0) is 64.1 Å². The number of nitrogens with zero attached hydrogens (tertiary/aromatic N) is 2. The summed E-state index contributed by atoms with van der Waals surface area (Å²) in [5.41, 5.74) is 5.68. The van der Waals surface area contributed by atoms with Crippen molar-refractivity contribution in [1.29, 1.82) is 0 Å². The largest absolute Gasteiger partial charge is 0.618 e. The molecular formula is C37H38Cl2N4O6. The molecule has 4 rings (SSSR count). The summed E-state index contributed by atoms with van der Waals surface area (Å²) < 4.78 is 1.11. The van der Waals surface area contributed by atoms with Gasteiger partial charge in [0, 0.05) is 52.1 Å². The first-order chi connectivity index (χ1) is 23.4. The Morgan fingerprint density at radius 2 is 1.00 bits per heavy atom. The summed E-state index contributed by atoms with van der Waals surface area (Å²) in [6.45, 7) is 7.66. The van der Waals surface area contributed by atoms with Gasteiger partial charge in [0.2, 0.25) is 23.0 Å². The molecule has 2 aromatic heterocycles. The highest BCUT2D eigenvalue weighted by molar-refractivity contribution is 6.42. The van der Waals surface area contributed by atoms with Crippen molar-refractivity contribution < 1.29 is 28.6 Å². The van der Waals surface area contributed by atoms with Gasteiger partial charge >= 0.3 is 0 Å². The van der Waals surface area contributed by atoms with Gasteiger partial charge in [-0.1, -0.05) is 63.0 Å². The first-order valence-corrected chi connectivity index (χ1v) is 16.9. The van der Waals surface area contributed by atoms with E-state index in [2.05, 4.69) is 10.6 Å². The molecule has 12 heteroatoms. The standard InChI is InChI=1S/C37H38Cl2N4O6/c1-5-22-17-24(32(38)28(7-3)34(22)40-36(46)30(44)20-26-13-9-11-15-42(26)48)19-25-18-23(6-2)35(29(8-4)33(25)39)41-37(47)31(45)21-27-14-10-12-16-43(27)49/h9-18H,5-8,19-21H2,1-4H3,(H,40,46)(H,41,47). The van der Waals surface area contributed by atoms with E-state index in [9.17, 15) is 29.6 Å². The molecule has 0 spiro atoms. The molecule has 0 aliphatic heterocycles. The minimum atomic E-state index is -0.840. The number of anilines is 2. The third kappa shape index (κ3) is 8.44. The number of aryl methyl sites for hydroxylation is 2. The third-order valence-corrected chi connectivity index (χ3v) is 9.30. The van der Waals surface area contributed by atoms with Crippen molar-refractivity contribution >= 4 is 58.0 Å². The van der Waals surface area contributed by atoms with Crippen LogP contribution in [0.3, 0.4) is 0 Å². The lowest BCUT2D eigenvalue weighted by Gasteiger charge is -2.21. The highest BCUT2D eigenvalue weighted by atomic mass is 35.5. The molecule has 4 aromatic rings. The van der Waals surface area contributed by atoms with E-state index >= 15 is 0 Å². The molecule has 0 fully saturated rings. The Morgan fingerprint density at radius 1 is 0.612 bits per heavy atom. The highest BCUT2D eigenvalue weighted by Gasteiger charge is 2.25. The van der Waals surface area contributed by atoms with Crippen LogP contribution in [0.2, 0.25) is 10.0 Å². The van der Waals surface area contributed by atoms with Gasteiger partial charge in [0.1, 0.15) is 12.8 Å². The van der Waals surface area contributed by atoms with Crippen LogP contribution < -0.4 is 20.1 Å². The zero-order chi connectivity index (χ0) is 35.8. The first-order valence-electron chi connectivity index (χ1n) is 16.1. The fraction of sp³-hybridized carbons (Fsp3) is 0.297. The predicted octanol–water partition coefficient (Wildman–Crippen LogP) is 5.60. The maximum atomic E-state index is 13.0. The quantitative estimate of drug-likeness (QED) is 0.0993. The number of Topliss-reactive ketones (excluding diaryl/α,β-unsaturated/α-hetero) is 2. The summed E-state index contributed by atoms with van der Waals surface area (Å²) in [5, 5.41) is 30.4. The molecule has 49 heavy (non-hydrogen) atoms. The van der Waals surface area contributed by atoms with Crippen LogP contribution in [0.25, 0.3) is 0 Å². The number of carbonyl (C=O) groups is 4. The monoisotopic (exact) mass is 704 g/mol. The van der Waals surface area contributed by atoms with E-state index in [0.29, 0.717) is 74.1 Å². The Balaban J connectivity index is 1.62. The van der Waals surface area contributed by atoms with Crippen molar-refractivity contribution in [2.24, 2.45) is 0 Å². The molecule has 256 valence electrons. The van der Waals surface area contributed by atoms with Gasteiger partial charge in [-0.15, -0.1) is 0 Å². The number of rotatable bonds is 14. The molecule has 0 aliphatic carbocycles. The SMILES string of the molecule is CCc1cc(Cc2cc(CC)c(NC(=O)C(=O)Cc3cccc[n+]3[O-])c(CC)c2Cl)c(Cl)c(CC)c1NC(=O)C(=O)Cc1cccc[n+]1[O-]. The Hall–Kier alpha value is -4.80. The Labute approximate surface area is 295 Å². The summed E-state index contributed by atoms with van der Waals surface area (Å²) in [6, 6.07) is 13.1. The number of hydrogen-bond acceptors (Lipinski definition) is 6. The fourth-order valence-electron chi connectivity index (χ4n) is 5.74. The molecule has 0 unspecified atom stereocenters. The second-order valence-electron chi connectivity index (χ2n) is 11.5. The second-order valence-corrected chi connectivity index (χ2v) is 12.2. The van der Waals surface area contributed by atoms with Gasteiger partial charge in [-0.25, -0.2) is 0 Å². The molecular weight excluding hydrogens is 667 g/mol. The van der Waals surface area contributed by atoms with E-state index in [1.54, 1.807) is 24.3 Å².